The summed E-state index contributed by atoms with van der Waals surface area (Å²) in [5, 5.41) is 0. The lowest BCUT2D eigenvalue weighted by molar-refractivity contribution is 0.0597. The molecule has 0 spiro atoms. The molecule has 1 aromatic heterocycles. The lowest BCUT2D eigenvalue weighted by Crippen LogP contribution is -2.13. The molecule has 1 aliphatic heterocycles. The second-order valence-corrected chi connectivity index (χ2v) is 8.35. The molecule has 4 rings (SSSR count). The highest BCUT2D eigenvalue weighted by Crippen LogP contribution is 2.49. The molecule has 8 nitrogen and oxygen atoms in total. The average Bonchev–Trinajstić information content (AvgIpc) is 3.25. The van der Waals surface area contributed by atoms with E-state index >= 15 is 0 Å². The van der Waals surface area contributed by atoms with Crippen LogP contribution in [0.3, 0.4) is 0 Å². The molecule has 37 heavy (non-hydrogen) atoms. The summed E-state index contributed by atoms with van der Waals surface area (Å²) < 4.78 is 36.6. The number of benzene rings is 2. The topological polar surface area (TPSA) is 77.4 Å². The van der Waals surface area contributed by atoms with E-state index in [1.54, 1.807) is 7.11 Å². The van der Waals surface area contributed by atoms with Crippen LogP contribution in [0.1, 0.15) is 43.6 Å². The number of hydrogen-bond donors (Lipinski definition) is 0. The Morgan fingerprint density at radius 2 is 1.41 bits per heavy atom. The van der Waals surface area contributed by atoms with Crippen molar-refractivity contribution in [2.75, 3.05) is 40.6 Å². The van der Waals surface area contributed by atoms with Crippen LogP contribution in [0, 0.1) is 0 Å². The highest BCUT2D eigenvalue weighted by molar-refractivity contribution is 6.05. The largest absolute Gasteiger partial charge is 0.490 e. The Morgan fingerprint density at radius 3 is 2.00 bits per heavy atom. The number of aromatic nitrogens is 1. The fourth-order valence-electron chi connectivity index (χ4n) is 4.88. The van der Waals surface area contributed by atoms with Crippen molar-refractivity contribution in [1.29, 1.82) is 0 Å². The molecule has 2 aromatic carbocycles. The molecule has 0 fully saturated rings. The van der Waals surface area contributed by atoms with Crippen LogP contribution >= 0.6 is 0 Å². The maximum atomic E-state index is 13.2. The van der Waals surface area contributed by atoms with Crippen molar-refractivity contribution < 1.29 is 33.2 Å². The van der Waals surface area contributed by atoms with Gasteiger partial charge in [-0.05, 0) is 69.5 Å². The van der Waals surface area contributed by atoms with Gasteiger partial charge in [0.05, 0.1) is 46.3 Å². The Labute approximate surface area is 218 Å². The molecule has 3 aromatic rings. The van der Waals surface area contributed by atoms with Crippen LogP contribution in [0.4, 0.5) is 0 Å². The summed E-state index contributed by atoms with van der Waals surface area (Å²) in [7, 11) is 2.95. The van der Waals surface area contributed by atoms with Crippen LogP contribution in [0.25, 0.3) is 22.4 Å². The van der Waals surface area contributed by atoms with Crippen LogP contribution < -0.4 is 23.7 Å². The normalized spacial score (nSPS) is 11.8. The molecule has 0 amide bonds. The molecule has 0 unspecified atom stereocenters. The third-order valence-corrected chi connectivity index (χ3v) is 6.26. The van der Waals surface area contributed by atoms with Crippen molar-refractivity contribution in [3.63, 3.8) is 0 Å². The Hall–Kier alpha value is -3.81. The number of carbonyl (C=O) groups is 1. The van der Waals surface area contributed by atoms with Gasteiger partial charge in [0.2, 0.25) is 5.88 Å². The second-order valence-electron chi connectivity index (χ2n) is 8.35. The number of esters is 1. The van der Waals surface area contributed by atoms with Gasteiger partial charge in [-0.3, -0.25) is 0 Å². The minimum absolute atomic E-state index is 0.367. The number of methoxy groups -OCH3 is 2. The molecule has 0 radical (unpaired) electrons. The van der Waals surface area contributed by atoms with Crippen LogP contribution in [-0.4, -0.2) is 51.2 Å². The molecule has 0 N–H and O–H groups in total. The summed E-state index contributed by atoms with van der Waals surface area (Å²) >= 11 is 0. The molecule has 0 aliphatic carbocycles. The number of fused-ring (bicyclic) bond motifs is 3. The fourth-order valence-corrected chi connectivity index (χ4v) is 4.88. The summed E-state index contributed by atoms with van der Waals surface area (Å²) in [6.45, 7) is 10.4. The predicted octanol–water partition coefficient (Wildman–Crippen LogP) is 5.77. The lowest BCUT2D eigenvalue weighted by atomic mass is 9.91. The van der Waals surface area contributed by atoms with Crippen molar-refractivity contribution in [3.8, 4) is 51.3 Å². The molecular weight excluding hydrogens is 474 g/mol. The van der Waals surface area contributed by atoms with E-state index in [-0.39, 0.29) is 0 Å². The van der Waals surface area contributed by atoms with E-state index in [2.05, 4.69) is 0 Å². The van der Waals surface area contributed by atoms with E-state index in [9.17, 15) is 4.79 Å². The Bertz CT molecular complexity index is 1280. The highest BCUT2D eigenvalue weighted by atomic mass is 16.5. The third-order valence-electron chi connectivity index (χ3n) is 6.26. The minimum Gasteiger partial charge on any atom is -0.490 e. The van der Waals surface area contributed by atoms with E-state index in [1.165, 1.54) is 7.11 Å². The van der Waals surface area contributed by atoms with Gasteiger partial charge in [0.1, 0.15) is 5.56 Å². The quantitative estimate of drug-likeness (QED) is 0.304. The molecule has 0 saturated carbocycles. The van der Waals surface area contributed by atoms with Gasteiger partial charge >= 0.3 is 5.97 Å². The molecule has 8 heteroatoms. The smallest absolute Gasteiger partial charge is 0.344 e. The van der Waals surface area contributed by atoms with E-state index in [0.717, 1.165) is 28.8 Å². The molecule has 1 aliphatic rings. The zero-order chi connectivity index (χ0) is 26.5. The first-order valence-electron chi connectivity index (χ1n) is 12.7. The number of rotatable bonds is 11. The summed E-state index contributed by atoms with van der Waals surface area (Å²) in [6.07, 6.45) is 0.743. The molecule has 0 atom stereocenters. The third kappa shape index (κ3) is 4.80. The maximum Gasteiger partial charge on any atom is 0.344 e. The van der Waals surface area contributed by atoms with Gasteiger partial charge in [0.15, 0.2) is 23.0 Å². The summed E-state index contributed by atoms with van der Waals surface area (Å²) in [5.41, 5.74) is 4.78. The van der Waals surface area contributed by atoms with Gasteiger partial charge in [0, 0.05) is 17.7 Å². The highest BCUT2D eigenvalue weighted by Gasteiger charge is 2.34. The molecule has 0 saturated heterocycles. The fraction of sp³-hybridized carbons (Fsp3) is 0.414. The number of aryl methyl sites for hydroxylation is 1. The van der Waals surface area contributed by atoms with Crippen LogP contribution in [0.2, 0.25) is 0 Å². The minimum atomic E-state index is -0.474. The van der Waals surface area contributed by atoms with Crippen molar-refractivity contribution in [3.05, 3.63) is 41.5 Å². The maximum absolute atomic E-state index is 13.2. The van der Waals surface area contributed by atoms with Gasteiger partial charge in [-0.25, -0.2) is 4.79 Å². The number of carbonyl (C=O) groups excluding carboxylic acids is 1. The first kappa shape index (κ1) is 26.3. The first-order chi connectivity index (χ1) is 18.0. The summed E-state index contributed by atoms with van der Waals surface area (Å²) in [4.78, 5) is 13.2. The standard InChI is InChI=1S/C29H35NO7/c1-7-34-21-12-11-19(16-22(21)35-8-2)25-26(29(31)33-6)28(32-5)30-14-13-18-15-23(36-9-3)24(37-10-4)17-20(18)27(25)30/h11-12,15-17H,7-10,13-14H2,1-6H3. The SMILES string of the molecule is CCOc1ccc(-c2c(C(=O)OC)c(OC)n3c2-c2cc(OCC)c(OCC)cc2CC3)cc1OCC. The summed E-state index contributed by atoms with van der Waals surface area (Å²) in [6, 6.07) is 9.74. The lowest BCUT2D eigenvalue weighted by Gasteiger charge is -2.24. The van der Waals surface area contributed by atoms with E-state index in [1.807, 2.05) is 62.6 Å². The molecule has 2 heterocycles. The molecule has 0 bridgehead atoms. The average molecular weight is 510 g/mol. The number of ether oxygens (including phenoxy) is 6. The monoisotopic (exact) mass is 509 g/mol. The first-order valence-corrected chi connectivity index (χ1v) is 12.7. The molecule has 198 valence electrons. The Kier molecular flexibility index (Phi) is 8.16. The van der Waals surface area contributed by atoms with Gasteiger partial charge in [-0.15, -0.1) is 0 Å². The number of nitrogens with zero attached hydrogens (tertiary/aromatic N) is 1. The van der Waals surface area contributed by atoms with Gasteiger partial charge < -0.3 is 33.0 Å². The van der Waals surface area contributed by atoms with Gasteiger partial charge in [-0.2, -0.15) is 0 Å². The van der Waals surface area contributed by atoms with Crippen molar-refractivity contribution in [1.82, 2.24) is 4.57 Å². The zero-order valence-corrected chi connectivity index (χ0v) is 22.4. The van der Waals surface area contributed by atoms with Crippen molar-refractivity contribution in [2.45, 2.75) is 40.7 Å². The van der Waals surface area contributed by atoms with Crippen LogP contribution in [-0.2, 0) is 17.7 Å². The van der Waals surface area contributed by atoms with Crippen molar-refractivity contribution >= 4 is 5.97 Å². The van der Waals surface area contributed by atoms with E-state index < -0.39 is 5.97 Å². The molecular formula is C29H35NO7. The Morgan fingerprint density at radius 1 is 0.811 bits per heavy atom. The number of hydrogen-bond acceptors (Lipinski definition) is 7. The van der Waals surface area contributed by atoms with Crippen molar-refractivity contribution in [2.24, 2.45) is 0 Å². The van der Waals surface area contributed by atoms with Gasteiger partial charge in [-0.1, -0.05) is 6.07 Å². The second kappa shape index (κ2) is 11.5. The summed E-state index contributed by atoms with van der Waals surface area (Å²) in [5.74, 6) is 2.61. The van der Waals surface area contributed by atoms with Crippen LogP contribution in [0.5, 0.6) is 28.9 Å². The Balaban J connectivity index is 2.04. The van der Waals surface area contributed by atoms with Gasteiger partial charge in [0.25, 0.3) is 0 Å². The van der Waals surface area contributed by atoms with E-state index in [4.69, 9.17) is 28.4 Å². The van der Waals surface area contributed by atoms with Crippen LogP contribution in [0.15, 0.2) is 30.3 Å². The van der Waals surface area contributed by atoms with E-state index in [0.29, 0.717) is 73.0 Å². The zero-order valence-electron chi connectivity index (χ0n) is 22.4. The predicted molar refractivity (Wildman–Crippen MR) is 142 cm³/mol.